The lowest BCUT2D eigenvalue weighted by Gasteiger charge is -2.32. The summed E-state index contributed by atoms with van der Waals surface area (Å²) in [5, 5.41) is 6.04. The molecule has 8 nitrogen and oxygen atoms in total. The van der Waals surface area contributed by atoms with Gasteiger partial charge in [0.05, 0.1) is 31.6 Å². The largest absolute Gasteiger partial charge is 0.497 e. The smallest absolute Gasteiger partial charge is 0.336 e. The molecule has 2 atom stereocenters. The van der Waals surface area contributed by atoms with E-state index in [1.165, 1.54) is 11.3 Å². The maximum absolute atomic E-state index is 13.2. The van der Waals surface area contributed by atoms with Crippen LogP contribution in [0.4, 0.5) is 10.8 Å². The number of carbonyl (C=O) groups excluding carboxylic acids is 2. The lowest BCUT2D eigenvalue weighted by atomic mass is 9.75. The molecule has 198 valence electrons. The number of anilines is 2. The van der Waals surface area contributed by atoms with Crippen LogP contribution < -0.4 is 10.1 Å². The average molecular weight is 534 g/mol. The number of hydrogen-bond donors (Lipinski definition) is 1. The van der Waals surface area contributed by atoms with Crippen molar-refractivity contribution in [2.24, 2.45) is 10.9 Å². The Balaban J connectivity index is 1.76. The third kappa shape index (κ3) is 5.62. The van der Waals surface area contributed by atoms with Gasteiger partial charge in [0.1, 0.15) is 11.7 Å². The number of esters is 2. The Hall–Kier alpha value is -3.98. The van der Waals surface area contributed by atoms with E-state index in [9.17, 15) is 9.59 Å². The first-order valence-corrected chi connectivity index (χ1v) is 13.3. The zero-order valence-corrected chi connectivity index (χ0v) is 22.9. The maximum atomic E-state index is 13.2. The molecule has 2 unspecified atom stereocenters. The molecule has 0 bridgehead atoms. The Kier molecular flexibility index (Phi) is 8.58. The lowest BCUT2D eigenvalue weighted by Crippen LogP contribution is -2.36. The van der Waals surface area contributed by atoms with Crippen molar-refractivity contribution in [3.8, 4) is 17.0 Å². The number of ether oxygens (including phenoxy) is 3. The Bertz CT molecular complexity index is 1390. The number of benzene rings is 2. The molecule has 1 N–H and O–H groups in total. The van der Waals surface area contributed by atoms with Crippen LogP contribution in [0.2, 0.25) is 0 Å². The van der Waals surface area contributed by atoms with Gasteiger partial charge < -0.3 is 19.5 Å². The van der Waals surface area contributed by atoms with Crippen molar-refractivity contribution in [1.82, 2.24) is 4.98 Å². The highest BCUT2D eigenvalue weighted by molar-refractivity contribution is 7.14. The van der Waals surface area contributed by atoms with E-state index in [0.717, 1.165) is 28.3 Å². The fourth-order valence-corrected chi connectivity index (χ4v) is 5.36. The second kappa shape index (κ2) is 12.0. The van der Waals surface area contributed by atoms with Crippen molar-refractivity contribution >= 4 is 39.8 Å². The first-order chi connectivity index (χ1) is 18.4. The summed E-state index contributed by atoms with van der Waals surface area (Å²) in [6, 6.07) is 15.3. The highest BCUT2D eigenvalue weighted by Crippen LogP contribution is 2.43. The molecule has 3 aromatic rings. The number of nitrogens with one attached hydrogen (secondary N) is 1. The third-order valence-corrected chi connectivity index (χ3v) is 7.03. The van der Waals surface area contributed by atoms with Crippen LogP contribution in [0, 0.1) is 5.92 Å². The SMILES string of the molecule is CCOC(=O)C1=C(C)N=C(C)C(C(=O)OCC)C1c1ccccc1Nc1nc(-c2cccc(OC)c2)cs1. The summed E-state index contributed by atoms with van der Waals surface area (Å²) in [6.07, 6.45) is 0. The first-order valence-electron chi connectivity index (χ1n) is 12.4. The van der Waals surface area contributed by atoms with Crippen molar-refractivity contribution < 1.29 is 23.8 Å². The second-order valence-corrected chi connectivity index (χ2v) is 9.52. The standard InChI is InChI=1S/C29H31N3O5S/c1-6-36-27(33)24-17(3)30-18(4)25(28(34)37-7-2)26(24)21-13-8-9-14-22(21)31-29-32-23(16-38-29)19-11-10-12-20(15-19)35-5/h8-16,24,26H,6-7H2,1-5H3,(H,31,32). The van der Waals surface area contributed by atoms with Gasteiger partial charge in [-0.25, -0.2) is 9.78 Å². The van der Waals surface area contributed by atoms with E-state index in [2.05, 4.69) is 10.3 Å². The highest BCUT2D eigenvalue weighted by Gasteiger charge is 2.43. The Morgan fingerprint density at radius 2 is 1.79 bits per heavy atom. The number of para-hydroxylation sites is 1. The van der Waals surface area contributed by atoms with Gasteiger partial charge in [-0.3, -0.25) is 9.79 Å². The van der Waals surface area contributed by atoms with Gasteiger partial charge in [0.2, 0.25) is 0 Å². The fourth-order valence-electron chi connectivity index (χ4n) is 4.63. The quantitative estimate of drug-likeness (QED) is 0.330. The number of thiazole rings is 1. The topological polar surface area (TPSA) is 99.1 Å². The minimum atomic E-state index is -0.773. The van der Waals surface area contributed by atoms with Crippen LogP contribution in [-0.2, 0) is 19.1 Å². The first kappa shape index (κ1) is 27.1. The minimum Gasteiger partial charge on any atom is -0.497 e. The van der Waals surface area contributed by atoms with Gasteiger partial charge in [-0.05, 0) is 51.5 Å². The van der Waals surface area contributed by atoms with E-state index in [1.54, 1.807) is 34.8 Å². The number of hydrogen-bond acceptors (Lipinski definition) is 9. The van der Waals surface area contributed by atoms with Crippen molar-refractivity contribution in [2.45, 2.75) is 33.6 Å². The van der Waals surface area contributed by atoms with Crippen LogP contribution in [0.25, 0.3) is 11.3 Å². The van der Waals surface area contributed by atoms with Crippen LogP contribution in [0.5, 0.6) is 5.75 Å². The average Bonchev–Trinajstić information content (AvgIpc) is 3.37. The molecule has 38 heavy (non-hydrogen) atoms. The van der Waals surface area contributed by atoms with Gasteiger partial charge in [0.25, 0.3) is 0 Å². The zero-order valence-electron chi connectivity index (χ0n) is 22.1. The molecule has 0 saturated carbocycles. The summed E-state index contributed by atoms with van der Waals surface area (Å²) in [5.74, 6) is -1.59. The summed E-state index contributed by atoms with van der Waals surface area (Å²) in [4.78, 5) is 35.7. The van der Waals surface area contributed by atoms with Gasteiger partial charge in [0.15, 0.2) is 5.13 Å². The number of methoxy groups -OCH3 is 1. The van der Waals surface area contributed by atoms with Gasteiger partial charge in [-0.15, -0.1) is 11.3 Å². The summed E-state index contributed by atoms with van der Waals surface area (Å²) in [6.45, 7) is 7.49. The summed E-state index contributed by atoms with van der Waals surface area (Å²) in [5.41, 5.74) is 4.68. The molecular weight excluding hydrogens is 502 g/mol. The molecule has 0 fully saturated rings. The molecule has 0 aliphatic carbocycles. The molecule has 1 aliphatic heterocycles. The molecule has 0 spiro atoms. The Morgan fingerprint density at radius 1 is 1.03 bits per heavy atom. The Morgan fingerprint density at radius 3 is 2.53 bits per heavy atom. The molecule has 1 aromatic heterocycles. The monoisotopic (exact) mass is 533 g/mol. The van der Waals surface area contributed by atoms with Crippen LogP contribution in [0.1, 0.15) is 39.2 Å². The molecule has 2 heterocycles. The second-order valence-electron chi connectivity index (χ2n) is 8.66. The highest BCUT2D eigenvalue weighted by atomic mass is 32.1. The molecule has 0 radical (unpaired) electrons. The summed E-state index contributed by atoms with van der Waals surface area (Å²) < 4.78 is 16.2. The van der Waals surface area contributed by atoms with E-state index < -0.39 is 23.8 Å². The van der Waals surface area contributed by atoms with Crippen molar-refractivity contribution in [3.63, 3.8) is 0 Å². The van der Waals surface area contributed by atoms with Crippen LogP contribution in [0.15, 0.2) is 70.2 Å². The van der Waals surface area contributed by atoms with E-state index in [-0.39, 0.29) is 13.2 Å². The minimum absolute atomic E-state index is 0.209. The van der Waals surface area contributed by atoms with Crippen molar-refractivity contribution in [1.29, 1.82) is 0 Å². The predicted octanol–water partition coefficient (Wildman–Crippen LogP) is 6.14. The van der Waals surface area contributed by atoms with Crippen molar-refractivity contribution in [2.75, 3.05) is 25.6 Å². The van der Waals surface area contributed by atoms with E-state index >= 15 is 0 Å². The third-order valence-electron chi connectivity index (χ3n) is 6.27. The zero-order chi connectivity index (χ0) is 27.2. The van der Waals surface area contributed by atoms with Gasteiger partial charge in [-0.2, -0.15) is 0 Å². The molecule has 0 amide bonds. The molecule has 0 saturated heterocycles. The number of aromatic nitrogens is 1. The number of aliphatic imine (C=N–C) groups is 1. The Labute approximate surface area is 226 Å². The predicted molar refractivity (Wildman–Crippen MR) is 149 cm³/mol. The molecule has 9 heteroatoms. The summed E-state index contributed by atoms with van der Waals surface area (Å²) in [7, 11) is 1.63. The fraction of sp³-hybridized carbons (Fsp3) is 0.310. The van der Waals surface area contributed by atoms with Gasteiger partial charge >= 0.3 is 11.9 Å². The molecule has 1 aliphatic rings. The molecule has 4 rings (SSSR count). The van der Waals surface area contributed by atoms with E-state index in [0.29, 0.717) is 22.1 Å². The van der Waals surface area contributed by atoms with Crippen LogP contribution in [-0.4, -0.2) is 43.0 Å². The molecular formula is C29H31N3O5S. The lowest BCUT2D eigenvalue weighted by molar-refractivity contribution is -0.146. The van der Waals surface area contributed by atoms with Gasteiger partial charge in [-0.1, -0.05) is 30.3 Å². The number of allylic oxidation sites excluding steroid dienone is 1. The van der Waals surface area contributed by atoms with E-state index in [1.807, 2.05) is 53.9 Å². The van der Waals surface area contributed by atoms with Gasteiger partial charge in [0, 0.05) is 34.0 Å². The van der Waals surface area contributed by atoms with E-state index in [4.69, 9.17) is 19.2 Å². The number of rotatable bonds is 9. The van der Waals surface area contributed by atoms with Crippen LogP contribution >= 0.6 is 11.3 Å². The maximum Gasteiger partial charge on any atom is 0.336 e. The summed E-state index contributed by atoms with van der Waals surface area (Å²) >= 11 is 1.46. The molecule has 2 aromatic carbocycles. The normalized spacial score (nSPS) is 17.0. The number of nitrogens with zero attached hydrogens (tertiary/aromatic N) is 2. The van der Waals surface area contributed by atoms with Crippen molar-refractivity contribution in [3.05, 3.63) is 70.7 Å². The van der Waals surface area contributed by atoms with Crippen LogP contribution in [0.3, 0.4) is 0 Å². The number of carbonyl (C=O) groups is 2.